The maximum Gasteiger partial charge on any atom is 0.186 e. The largest absolute Gasteiger partial charge is 0.497 e. The molecule has 2 aromatic carbocycles. The van der Waals surface area contributed by atoms with E-state index in [2.05, 4.69) is 0 Å². The highest BCUT2D eigenvalue weighted by molar-refractivity contribution is 7.91. The van der Waals surface area contributed by atoms with Gasteiger partial charge in [-0.1, -0.05) is 23.7 Å². The van der Waals surface area contributed by atoms with Gasteiger partial charge < -0.3 is 10.5 Å². The normalized spacial score (nSPS) is 12.9. The third-order valence-electron chi connectivity index (χ3n) is 3.20. The van der Waals surface area contributed by atoms with E-state index in [0.29, 0.717) is 16.3 Å². The van der Waals surface area contributed by atoms with Crippen LogP contribution in [-0.4, -0.2) is 22.1 Å². The van der Waals surface area contributed by atoms with Crippen LogP contribution in [0.5, 0.6) is 5.75 Å². The number of sulfone groups is 1. The monoisotopic (exact) mass is 325 g/mol. The molecule has 0 saturated carbocycles. The fourth-order valence-corrected chi connectivity index (χ4v) is 3.80. The van der Waals surface area contributed by atoms with Crippen LogP contribution in [0.4, 0.5) is 0 Å². The van der Waals surface area contributed by atoms with Gasteiger partial charge in [-0.15, -0.1) is 0 Å². The van der Waals surface area contributed by atoms with E-state index in [1.54, 1.807) is 36.4 Å². The van der Waals surface area contributed by atoms with Crippen LogP contribution in [0.15, 0.2) is 53.4 Å². The second kappa shape index (κ2) is 6.47. The smallest absolute Gasteiger partial charge is 0.186 e. The van der Waals surface area contributed by atoms with Crippen molar-refractivity contribution in [2.75, 3.05) is 13.7 Å². The summed E-state index contributed by atoms with van der Waals surface area (Å²) < 4.78 is 30.6. The molecule has 0 aromatic heterocycles. The quantitative estimate of drug-likeness (QED) is 0.917. The Morgan fingerprint density at radius 2 is 1.86 bits per heavy atom. The van der Waals surface area contributed by atoms with Gasteiger partial charge in [-0.05, 0) is 42.0 Å². The number of ether oxygens (including phenoxy) is 1. The number of nitrogens with two attached hydrogens (primary N) is 1. The molecule has 0 saturated heterocycles. The SMILES string of the molecule is COc1cccc([C@H](CN)S(=O)(=O)c2ccc(Cl)cc2)c1. The van der Waals surface area contributed by atoms with Crippen molar-refractivity contribution in [1.82, 2.24) is 0 Å². The molecule has 0 unspecified atom stereocenters. The van der Waals surface area contributed by atoms with Crippen LogP contribution in [0.25, 0.3) is 0 Å². The van der Waals surface area contributed by atoms with Gasteiger partial charge in [0.1, 0.15) is 11.0 Å². The third kappa shape index (κ3) is 3.37. The predicted molar refractivity (Wildman–Crippen MR) is 83.4 cm³/mol. The van der Waals surface area contributed by atoms with Gasteiger partial charge in [0.2, 0.25) is 0 Å². The molecule has 21 heavy (non-hydrogen) atoms. The topological polar surface area (TPSA) is 69.4 Å². The minimum Gasteiger partial charge on any atom is -0.497 e. The number of halogens is 1. The molecule has 2 rings (SSSR count). The van der Waals surface area contributed by atoms with E-state index in [4.69, 9.17) is 22.1 Å². The lowest BCUT2D eigenvalue weighted by Crippen LogP contribution is -2.22. The Bertz CT molecular complexity index is 714. The lowest BCUT2D eigenvalue weighted by molar-refractivity contribution is 0.414. The second-order valence-electron chi connectivity index (χ2n) is 4.50. The fourth-order valence-electron chi connectivity index (χ4n) is 2.07. The maximum absolute atomic E-state index is 12.7. The van der Waals surface area contributed by atoms with E-state index in [9.17, 15) is 8.42 Å². The zero-order valence-electron chi connectivity index (χ0n) is 11.5. The lowest BCUT2D eigenvalue weighted by Gasteiger charge is -2.17. The van der Waals surface area contributed by atoms with E-state index in [-0.39, 0.29) is 11.4 Å². The molecule has 0 radical (unpaired) electrons. The van der Waals surface area contributed by atoms with Crippen molar-refractivity contribution in [3.63, 3.8) is 0 Å². The molecule has 0 aliphatic heterocycles. The van der Waals surface area contributed by atoms with E-state index >= 15 is 0 Å². The van der Waals surface area contributed by atoms with Crippen LogP contribution in [0.1, 0.15) is 10.8 Å². The molecule has 0 aliphatic rings. The zero-order chi connectivity index (χ0) is 15.5. The van der Waals surface area contributed by atoms with Crippen LogP contribution < -0.4 is 10.5 Å². The highest BCUT2D eigenvalue weighted by atomic mass is 35.5. The first-order chi connectivity index (χ1) is 9.98. The summed E-state index contributed by atoms with van der Waals surface area (Å²) in [6, 6.07) is 13.0. The molecule has 0 spiro atoms. The molecule has 0 bridgehead atoms. The molecule has 1 atom stereocenters. The van der Waals surface area contributed by atoms with Crippen LogP contribution in [0.3, 0.4) is 0 Å². The van der Waals surface area contributed by atoms with E-state index in [1.165, 1.54) is 19.2 Å². The van der Waals surface area contributed by atoms with Crippen LogP contribution in [0.2, 0.25) is 5.02 Å². The molecule has 0 aliphatic carbocycles. The van der Waals surface area contributed by atoms with E-state index in [1.807, 2.05) is 0 Å². The van der Waals surface area contributed by atoms with Crippen molar-refractivity contribution < 1.29 is 13.2 Å². The standard InChI is InChI=1S/C15H16ClNO3S/c1-20-13-4-2-3-11(9-13)15(10-17)21(18,19)14-7-5-12(16)6-8-14/h2-9,15H,10,17H2,1H3/t15-/m0/s1. The van der Waals surface area contributed by atoms with Gasteiger partial charge in [0.05, 0.1) is 12.0 Å². The first-order valence-corrected chi connectivity index (χ1v) is 8.25. The number of hydrogen-bond acceptors (Lipinski definition) is 4. The molecule has 2 N–H and O–H groups in total. The Labute approximate surface area is 129 Å². The Balaban J connectivity index is 2.46. The Morgan fingerprint density at radius 1 is 1.19 bits per heavy atom. The predicted octanol–water partition coefficient (Wildman–Crippen LogP) is 2.82. The Kier molecular flexibility index (Phi) is 4.88. The zero-order valence-corrected chi connectivity index (χ0v) is 13.1. The average molecular weight is 326 g/mol. The number of methoxy groups -OCH3 is 1. The highest BCUT2D eigenvalue weighted by Gasteiger charge is 2.28. The molecule has 6 heteroatoms. The fraction of sp³-hybridized carbons (Fsp3) is 0.200. The summed E-state index contributed by atoms with van der Waals surface area (Å²) in [5, 5.41) is -0.339. The van der Waals surface area contributed by atoms with Gasteiger partial charge in [-0.2, -0.15) is 0 Å². The van der Waals surface area contributed by atoms with Crippen LogP contribution in [-0.2, 0) is 9.84 Å². The lowest BCUT2D eigenvalue weighted by atomic mass is 10.1. The summed E-state index contributed by atoms with van der Waals surface area (Å²) in [6.45, 7) is -0.0157. The maximum atomic E-state index is 12.7. The first-order valence-electron chi connectivity index (χ1n) is 6.32. The van der Waals surface area contributed by atoms with Crippen molar-refractivity contribution >= 4 is 21.4 Å². The van der Waals surface area contributed by atoms with Crippen molar-refractivity contribution in [2.24, 2.45) is 5.73 Å². The summed E-state index contributed by atoms with van der Waals surface area (Å²) in [4.78, 5) is 0.199. The van der Waals surface area contributed by atoms with Crippen molar-refractivity contribution in [2.45, 2.75) is 10.1 Å². The molecule has 0 heterocycles. The van der Waals surface area contributed by atoms with Gasteiger partial charge in [0.15, 0.2) is 9.84 Å². The average Bonchev–Trinajstić information content (AvgIpc) is 2.48. The Hall–Kier alpha value is -1.56. The highest BCUT2D eigenvalue weighted by Crippen LogP contribution is 2.30. The molecule has 4 nitrogen and oxygen atoms in total. The minimum atomic E-state index is -3.59. The van der Waals surface area contributed by atoms with E-state index in [0.717, 1.165) is 0 Å². The first kappa shape index (κ1) is 15.8. The number of rotatable bonds is 5. The van der Waals surface area contributed by atoms with Gasteiger partial charge in [0.25, 0.3) is 0 Å². The van der Waals surface area contributed by atoms with Crippen molar-refractivity contribution in [3.8, 4) is 5.75 Å². The molecule has 2 aromatic rings. The van der Waals surface area contributed by atoms with Crippen LogP contribution in [0, 0.1) is 0 Å². The number of benzene rings is 2. The second-order valence-corrected chi connectivity index (χ2v) is 7.07. The van der Waals surface area contributed by atoms with Gasteiger partial charge >= 0.3 is 0 Å². The molecular formula is C15H16ClNO3S. The summed E-state index contributed by atoms with van der Waals surface area (Å²) in [6.07, 6.45) is 0. The van der Waals surface area contributed by atoms with Crippen molar-refractivity contribution in [3.05, 3.63) is 59.1 Å². The van der Waals surface area contributed by atoms with Crippen molar-refractivity contribution in [1.29, 1.82) is 0 Å². The van der Waals surface area contributed by atoms with Gasteiger partial charge in [-0.25, -0.2) is 8.42 Å². The van der Waals surface area contributed by atoms with Crippen LogP contribution >= 0.6 is 11.6 Å². The number of hydrogen-bond donors (Lipinski definition) is 1. The Morgan fingerprint density at radius 3 is 2.43 bits per heavy atom. The summed E-state index contributed by atoms with van der Waals surface area (Å²) in [5.41, 5.74) is 6.31. The van der Waals surface area contributed by atoms with Gasteiger partial charge in [-0.3, -0.25) is 0 Å². The minimum absolute atomic E-state index is 0.0157. The molecular weight excluding hydrogens is 310 g/mol. The molecule has 0 amide bonds. The van der Waals surface area contributed by atoms with E-state index < -0.39 is 15.1 Å². The van der Waals surface area contributed by atoms with Gasteiger partial charge in [0, 0.05) is 11.6 Å². The molecule has 112 valence electrons. The summed E-state index contributed by atoms with van der Waals surface area (Å²) >= 11 is 5.80. The third-order valence-corrected chi connectivity index (χ3v) is 5.59. The summed E-state index contributed by atoms with van der Waals surface area (Å²) in [5.74, 6) is 0.595. The summed E-state index contributed by atoms with van der Waals surface area (Å²) in [7, 11) is -2.05. The molecule has 0 fully saturated rings.